The summed E-state index contributed by atoms with van der Waals surface area (Å²) in [5.41, 5.74) is 1.20. The molecule has 1 atom stereocenters. The number of phenols is 1. The standard InChI is InChI=1S/C21H19NO5/c1-3-22-18(12-9-10-14(23)16(11-12)26-4-2)17-19(24)13-7-5-6-8-15(13)27-20(17)21(22)25/h5-11,18,23H,3-4H2,1-2H3/t18-/m1/s1. The third-order valence-electron chi connectivity index (χ3n) is 4.81. The lowest BCUT2D eigenvalue weighted by Gasteiger charge is -2.24. The summed E-state index contributed by atoms with van der Waals surface area (Å²) in [6.45, 7) is 4.47. The van der Waals surface area contributed by atoms with Gasteiger partial charge in [-0.2, -0.15) is 0 Å². The molecule has 0 spiro atoms. The predicted molar refractivity (Wildman–Crippen MR) is 100 cm³/mol. The van der Waals surface area contributed by atoms with E-state index in [0.717, 1.165) is 0 Å². The molecule has 1 aliphatic rings. The first-order chi connectivity index (χ1) is 13.1. The smallest absolute Gasteiger partial charge is 0.290 e. The van der Waals surface area contributed by atoms with Crippen LogP contribution in [0.2, 0.25) is 0 Å². The molecule has 6 heteroatoms. The van der Waals surface area contributed by atoms with Crippen molar-refractivity contribution in [2.24, 2.45) is 0 Å². The number of benzene rings is 2. The monoisotopic (exact) mass is 365 g/mol. The number of carbonyl (C=O) groups excluding carboxylic acids is 1. The number of amides is 1. The number of carbonyl (C=O) groups is 1. The van der Waals surface area contributed by atoms with Crippen LogP contribution < -0.4 is 10.2 Å². The van der Waals surface area contributed by atoms with Gasteiger partial charge in [0.15, 0.2) is 16.9 Å². The highest BCUT2D eigenvalue weighted by molar-refractivity contribution is 5.99. The van der Waals surface area contributed by atoms with Gasteiger partial charge >= 0.3 is 0 Å². The number of para-hydroxylation sites is 1. The van der Waals surface area contributed by atoms with Crippen LogP contribution in [0.1, 0.15) is 41.6 Å². The lowest BCUT2D eigenvalue weighted by Crippen LogP contribution is -2.29. The van der Waals surface area contributed by atoms with E-state index in [2.05, 4.69) is 0 Å². The van der Waals surface area contributed by atoms with E-state index in [1.165, 1.54) is 6.07 Å². The second-order valence-electron chi connectivity index (χ2n) is 6.32. The van der Waals surface area contributed by atoms with Crippen molar-refractivity contribution in [1.29, 1.82) is 0 Å². The van der Waals surface area contributed by atoms with Crippen molar-refractivity contribution < 1.29 is 19.1 Å². The number of rotatable bonds is 4. The summed E-state index contributed by atoms with van der Waals surface area (Å²) < 4.78 is 11.3. The first-order valence-electron chi connectivity index (χ1n) is 8.89. The Kier molecular flexibility index (Phi) is 4.11. The number of hydrogen-bond acceptors (Lipinski definition) is 5. The van der Waals surface area contributed by atoms with E-state index >= 15 is 0 Å². The van der Waals surface area contributed by atoms with E-state index in [4.69, 9.17) is 9.15 Å². The summed E-state index contributed by atoms with van der Waals surface area (Å²) in [5, 5.41) is 10.4. The molecule has 2 aromatic carbocycles. The Labute approximate surface area is 155 Å². The third kappa shape index (κ3) is 2.56. The quantitative estimate of drug-likeness (QED) is 0.766. The Bertz CT molecular complexity index is 1100. The lowest BCUT2D eigenvalue weighted by atomic mass is 9.98. The number of fused-ring (bicyclic) bond motifs is 2. The number of aromatic hydroxyl groups is 1. The van der Waals surface area contributed by atoms with Gasteiger partial charge in [-0.05, 0) is 43.7 Å². The SMILES string of the molecule is CCOc1cc([C@@H]2c3c(oc4ccccc4c3=O)C(=O)N2CC)ccc1O. The van der Waals surface area contributed by atoms with E-state index in [0.29, 0.717) is 41.0 Å². The van der Waals surface area contributed by atoms with Gasteiger partial charge < -0.3 is 19.2 Å². The third-order valence-corrected chi connectivity index (χ3v) is 4.81. The fraction of sp³-hybridized carbons (Fsp3) is 0.238. The molecule has 4 rings (SSSR count). The van der Waals surface area contributed by atoms with Crippen LogP contribution >= 0.6 is 0 Å². The van der Waals surface area contributed by atoms with Crippen molar-refractivity contribution in [2.75, 3.05) is 13.2 Å². The zero-order valence-electron chi connectivity index (χ0n) is 15.1. The zero-order chi connectivity index (χ0) is 19.1. The largest absolute Gasteiger partial charge is 0.504 e. The first kappa shape index (κ1) is 17.1. The summed E-state index contributed by atoms with van der Waals surface area (Å²) in [7, 11) is 0. The minimum absolute atomic E-state index is 0.0127. The first-order valence-corrected chi connectivity index (χ1v) is 8.89. The summed E-state index contributed by atoms with van der Waals surface area (Å²) in [5.74, 6) is 0.0962. The Balaban J connectivity index is 1.97. The van der Waals surface area contributed by atoms with Gasteiger partial charge in [-0.15, -0.1) is 0 Å². The molecule has 1 amide bonds. The van der Waals surface area contributed by atoms with Gasteiger partial charge in [-0.3, -0.25) is 9.59 Å². The van der Waals surface area contributed by atoms with Crippen molar-refractivity contribution in [3.63, 3.8) is 0 Å². The average Bonchev–Trinajstić information content (AvgIpc) is 2.96. The molecule has 2 heterocycles. The number of hydrogen-bond donors (Lipinski definition) is 1. The van der Waals surface area contributed by atoms with Gasteiger partial charge in [0.05, 0.1) is 23.6 Å². The topological polar surface area (TPSA) is 80.0 Å². The molecule has 0 fully saturated rings. The van der Waals surface area contributed by atoms with Crippen LogP contribution in [-0.4, -0.2) is 29.1 Å². The predicted octanol–water partition coefficient (Wildman–Crippen LogP) is 3.46. The van der Waals surface area contributed by atoms with Crippen LogP contribution in [0, 0.1) is 0 Å². The van der Waals surface area contributed by atoms with E-state index < -0.39 is 6.04 Å². The lowest BCUT2D eigenvalue weighted by molar-refractivity contribution is 0.0737. The van der Waals surface area contributed by atoms with Gasteiger partial charge in [0.25, 0.3) is 5.91 Å². The highest BCUT2D eigenvalue weighted by Gasteiger charge is 2.42. The number of phenolic OH excluding ortho intramolecular Hbond substituents is 1. The fourth-order valence-electron chi connectivity index (χ4n) is 3.61. The van der Waals surface area contributed by atoms with Gasteiger partial charge in [0, 0.05) is 6.54 Å². The highest BCUT2D eigenvalue weighted by atomic mass is 16.5. The summed E-state index contributed by atoms with van der Waals surface area (Å²) in [4.78, 5) is 27.7. The van der Waals surface area contributed by atoms with E-state index in [1.54, 1.807) is 41.3 Å². The molecule has 0 unspecified atom stereocenters. The Morgan fingerprint density at radius 1 is 1.15 bits per heavy atom. The van der Waals surface area contributed by atoms with E-state index in [9.17, 15) is 14.7 Å². The molecule has 1 aliphatic heterocycles. The summed E-state index contributed by atoms with van der Waals surface area (Å²) in [6.07, 6.45) is 0. The minimum Gasteiger partial charge on any atom is -0.504 e. The van der Waals surface area contributed by atoms with Gasteiger partial charge in [-0.25, -0.2) is 0 Å². The van der Waals surface area contributed by atoms with Crippen LogP contribution in [0.25, 0.3) is 11.0 Å². The minimum atomic E-state index is -0.585. The Hall–Kier alpha value is -3.28. The molecule has 138 valence electrons. The second kappa shape index (κ2) is 6.46. The molecular formula is C21H19NO5. The summed E-state index contributed by atoms with van der Waals surface area (Å²) >= 11 is 0. The molecule has 0 radical (unpaired) electrons. The molecule has 27 heavy (non-hydrogen) atoms. The van der Waals surface area contributed by atoms with Crippen molar-refractivity contribution in [3.8, 4) is 11.5 Å². The fourth-order valence-corrected chi connectivity index (χ4v) is 3.61. The van der Waals surface area contributed by atoms with Crippen LogP contribution in [0.4, 0.5) is 0 Å². The molecule has 1 N–H and O–H groups in total. The Morgan fingerprint density at radius 2 is 1.93 bits per heavy atom. The average molecular weight is 365 g/mol. The van der Waals surface area contributed by atoms with Crippen LogP contribution in [-0.2, 0) is 0 Å². The van der Waals surface area contributed by atoms with Crippen molar-refractivity contribution >= 4 is 16.9 Å². The molecular weight excluding hydrogens is 346 g/mol. The zero-order valence-corrected chi connectivity index (χ0v) is 15.1. The second-order valence-corrected chi connectivity index (χ2v) is 6.32. The van der Waals surface area contributed by atoms with Gasteiger partial charge in [0.2, 0.25) is 5.76 Å². The van der Waals surface area contributed by atoms with Gasteiger partial charge in [-0.1, -0.05) is 18.2 Å². The van der Waals surface area contributed by atoms with Crippen molar-refractivity contribution in [3.05, 3.63) is 69.6 Å². The highest BCUT2D eigenvalue weighted by Crippen LogP contribution is 2.40. The van der Waals surface area contributed by atoms with Crippen LogP contribution in [0.3, 0.4) is 0 Å². The molecule has 6 nitrogen and oxygen atoms in total. The maximum atomic E-state index is 13.2. The maximum absolute atomic E-state index is 13.2. The normalized spacial score (nSPS) is 16.0. The van der Waals surface area contributed by atoms with Crippen molar-refractivity contribution in [1.82, 2.24) is 4.90 Å². The number of ether oxygens (including phenoxy) is 1. The molecule has 0 saturated heterocycles. The van der Waals surface area contributed by atoms with Crippen molar-refractivity contribution in [2.45, 2.75) is 19.9 Å². The van der Waals surface area contributed by atoms with Crippen LogP contribution in [0.15, 0.2) is 51.7 Å². The Morgan fingerprint density at radius 3 is 2.67 bits per heavy atom. The van der Waals surface area contributed by atoms with Gasteiger partial charge in [0.1, 0.15) is 5.58 Å². The maximum Gasteiger partial charge on any atom is 0.290 e. The van der Waals surface area contributed by atoms with E-state index in [1.807, 2.05) is 13.8 Å². The molecule has 0 bridgehead atoms. The molecule has 0 aliphatic carbocycles. The molecule has 0 saturated carbocycles. The summed E-state index contributed by atoms with van der Waals surface area (Å²) in [6, 6.07) is 11.2. The molecule has 3 aromatic rings. The van der Waals surface area contributed by atoms with E-state index in [-0.39, 0.29) is 22.8 Å². The van der Waals surface area contributed by atoms with Crippen LogP contribution in [0.5, 0.6) is 11.5 Å². The number of nitrogens with zero attached hydrogens (tertiary/aromatic N) is 1. The molecule has 1 aromatic heterocycles.